The molecular weight excluding hydrogens is 426 g/mol. The van der Waals surface area contributed by atoms with Gasteiger partial charge in [0.25, 0.3) is 0 Å². The Kier molecular flexibility index (Phi) is 4.39. The standard InChI is InChI=1S/C29H26ClN3/c30-28-32-26(31-27(33-28)25-7-3-5-21-4-1-2-6-24(21)25)22-8-10-23(11-9-22)29-15-18-12-19(16-29)14-20(13-18)17-29/h1-11,18-20H,12-17H2/t18-,19-,20?,29?/m1/s1. The summed E-state index contributed by atoms with van der Waals surface area (Å²) in [7, 11) is 0. The Morgan fingerprint density at radius 2 is 1.30 bits per heavy atom. The van der Waals surface area contributed by atoms with Crippen molar-refractivity contribution in [1.82, 2.24) is 15.0 Å². The van der Waals surface area contributed by atoms with Gasteiger partial charge in [0, 0.05) is 11.1 Å². The second kappa shape index (κ2) is 7.36. The Bertz CT molecular complexity index is 1320. The van der Waals surface area contributed by atoms with Gasteiger partial charge in [-0.15, -0.1) is 0 Å². The zero-order chi connectivity index (χ0) is 22.0. The van der Waals surface area contributed by atoms with Crippen LogP contribution in [0, 0.1) is 17.8 Å². The largest absolute Gasteiger partial charge is 0.226 e. The van der Waals surface area contributed by atoms with Crippen LogP contribution in [0.2, 0.25) is 5.28 Å². The van der Waals surface area contributed by atoms with Crippen LogP contribution < -0.4 is 0 Å². The van der Waals surface area contributed by atoms with E-state index in [1.807, 2.05) is 24.3 Å². The summed E-state index contributed by atoms with van der Waals surface area (Å²) in [6.07, 6.45) is 8.54. The molecule has 4 bridgehead atoms. The molecule has 4 heteroatoms. The highest BCUT2D eigenvalue weighted by atomic mass is 35.5. The van der Waals surface area contributed by atoms with E-state index in [0.717, 1.165) is 39.7 Å². The molecule has 4 aromatic rings. The summed E-state index contributed by atoms with van der Waals surface area (Å²) in [5.41, 5.74) is 3.89. The first-order chi connectivity index (χ1) is 16.1. The second-order valence-electron chi connectivity index (χ2n) is 10.6. The predicted octanol–water partition coefficient (Wildman–Crippen LogP) is 7.48. The molecule has 4 aliphatic carbocycles. The van der Waals surface area contributed by atoms with Gasteiger partial charge in [0.1, 0.15) is 0 Å². The minimum absolute atomic E-state index is 0.230. The number of hydrogen-bond acceptors (Lipinski definition) is 3. The van der Waals surface area contributed by atoms with Crippen molar-refractivity contribution in [2.45, 2.75) is 43.9 Å². The van der Waals surface area contributed by atoms with Crippen LogP contribution in [0.1, 0.15) is 44.1 Å². The van der Waals surface area contributed by atoms with Crippen LogP contribution in [0.4, 0.5) is 0 Å². The monoisotopic (exact) mass is 451 g/mol. The van der Waals surface area contributed by atoms with Crippen LogP contribution in [0.25, 0.3) is 33.5 Å². The first kappa shape index (κ1) is 19.7. The summed E-state index contributed by atoms with van der Waals surface area (Å²) in [6, 6.07) is 23.5. The van der Waals surface area contributed by atoms with E-state index in [4.69, 9.17) is 16.6 Å². The molecule has 0 aliphatic heterocycles. The molecule has 4 saturated carbocycles. The highest BCUT2D eigenvalue weighted by molar-refractivity contribution is 6.28. The maximum Gasteiger partial charge on any atom is 0.226 e. The fourth-order valence-electron chi connectivity index (χ4n) is 7.46. The zero-order valence-electron chi connectivity index (χ0n) is 18.5. The van der Waals surface area contributed by atoms with E-state index >= 15 is 0 Å². The van der Waals surface area contributed by atoms with Crippen molar-refractivity contribution >= 4 is 22.4 Å². The van der Waals surface area contributed by atoms with E-state index in [9.17, 15) is 0 Å². The Labute approximate surface area is 199 Å². The van der Waals surface area contributed by atoms with Gasteiger partial charge in [-0.3, -0.25) is 0 Å². The summed E-state index contributed by atoms with van der Waals surface area (Å²) in [6.45, 7) is 0. The molecule has 3 aromatic carbocycles. The zero-order valence-corrected chi connectivity index (χ0v) is 19.3. The second-order valence-corrected chi connectivity index (χ2v) is 10.9. The minimum atomic E-state index is 0.230. The lowest BCUT2D eigenvalue weighted by Gasteiger charge is -2.57. The van der Waals surface area contributed by atoms with Crippen molar-refractivity contribution in [1.29, 1.82) is 0 Å². The number of halogens is 1. The van der Waals surface area contributed by atoms with Gasteiger partial charge in [0.2, 0.25) is 5.28 Å². The topological polar surface area (TPSA) is 38.7 Å². The van der Waals surface area contributed by atoms with Crippen LogP contribution in [0.3, 0.4) is 0 Å². The van der Waals surface area contributed by atoms with E-state index in [0.29, 0.717) is 17.1 Å². The fourth-order valence-corrected chi connectivity index (χ4v) is 7.62. The van der Waals surface area contributed by atoms with Gasteiger partial charge in [-0.1, -0.05) is 66.7 Å². The molecule has 4 aliphatic rings. The predicted molar refractivity (Wildman–Crippen MR) is 133 cm³/mol. The van der Waals surface area contributed by atoms with E-state index in [1.165, 1.54) is 44.1 Å². The van der Waals surface area contributed by atoms with Crippen molar-refractivity contribution in [3.8, 4) is 22.8 Å². The number of fused-ring (bicyclic) bond motifs is 1. The molecule has 0 atom stereocenters. The number of aromatic nitrogens is 3. The molecule has 33 heavy (non-hydrogen) atoms. The van der Waals surface area contributed by atoms with Crippen LogP contribution in [-0.4, -0.2) is 15.0 Å². The summed E-state index contributed by atoms with van der Waals surface area (Å²) in [5.74, 6) is 4.09. The molecular formula is C29H26ClN3. The van der Waals surface area contributed by atoms with Crippen molar-refractivity contribution < 1.29 is 0 Å². The third-order valence-electron chi connectivity index (χ3n) is 8.43. The molecule has 4 fully saturated rings. The molecule has 1 heterocycles. The highest BCUT2D eigenvalue weighted by Gasteiger charge is 2.51. The van der Waals surface area contributed by atoms with E-state index < -0.39 is 0 Å². The van der Waals surface area contributed by atoms with E-state index in [1.54, 1.807) is 0 Å². The molecule has 8 rings (SSSR count). The van der Waals surface area contributed by atoms with Crippen molar-refractivity contribution in [3.63, 3.8) is 0 Å². The lowest BCUT2D eigenvalue weighted by Crippen LogP contribution is -2.48. The number of rotatable bonds is 3. The first-order valence-electron chi connectivity index (χ1n) is 12.2. The molecule has 3 nitrogen and oxygen atoms in total. The summed E-state index contributed by atoms with van der Waals surface area (Å²) < 4.78 is 0. The van der Waals surface area contributed by atoms with Crippen LogP contribution in [-0.2, 0) is 5.41 Å². The van der Waals surface area contributed by atoms with Gasteiger partial charge in [-0.2, -0.15) is 9.97 Å². The molecule has 0 amide bonds. The molecule has 0 N–H and O–H groups in total. The Hall–Kier alpha value is -2.78. The molecule has 1 aromatic heterocycles. The van der Waals surface area contributed by atoms with Crippen molar-refractivity contribution in [3.05, 3.63) is 77.6 Å². The quantitative estimate of drug-likeness (QED) is 0.324. The Balaban J connectivity index is 1.26. The number of nitrogens with zero attached hydrogens (tertiary/aromatic N) is 3. The van der Waals surface area contributed by atoms with Gasteiger partial charge in [-0.25, -0.2) is 4.98 Å². The van der Waals surface area contributed by atoms with E-state index in [-0.39, 0.29) is 5.28 Å². The molecule has 0 saturated heterocycles. The molecule has 0 unspecified atom stereocenters. The van der Waals surface area contributed by atoms with Gasteiger partial charge in [0.15, 0.2) is 11.6 Å². The summed E-state index contributed by atoms with van der Waals surface area (Å²) in [5, 5.41) is 2.51. The SMILES string of the molecule is Clc1nc(-c2ccc(C34CC5C[C@H](C3)C[C@H](C5)C4)cc2)nc(-c2cccc3ccccc23)n1. The average molecular weight is 452 g/mol. The molecule has 164 valence electrons. The van der Waals surface area contributed by atoms with Gasteiger partial charge in [-0.05, 0) is 89.6 Å². The highest BCUT2D eigenvalue weighted by Crippen LogP contribution is 2.60. The van der Waals surface area contributed by atoms with Gasteiger partial charge in [0.05, 0.1) is 0 Å². The van der Waals surface area contributed by atoms with Crippen molar-refractivity contribution in [2.75, 3.05) is 0 Å². The lowest BCUT2D eigenvalue weighted by atomic mass is 9.48. The average Bonchev–Trinajstić information content (AvgIpc) is 2.82. The minimum Gasteiger partial charge on any atom is -0.208 e. The molecule has 0 spiro atoms. The van der Waals surface area contributed by atoms with Gasteiger partial charge >= 0.3 is 0 Å². The van der Waals surface area contributed by atoms with Crippen LogP contribution in [0.15, 0.2) is 66.7 Å². The smallest absolute Gasteiger partial charge is 0.208 e. The van der Waals surface area contributed by atoms with Crippen molar-refractivity contribution in [2.24, 2.45) is 17.8 Å². The first-order valence-corrected chi connectivity index (χ1v) is 12.5. The maximum atomic E-state index is 6.38. The van der Waals surface area contributed by atoms with Crippen LogP contribution in [0.5, 0.6) is 0 Å². The lowest BCUT2D eigenvalue weighted by molar-refractivity contribution is -0.00518. The number of benzene rings is 3. The summed E-state index contributed by atoms with van der Waals surface area (Å²) in [4.78, 5) is 13.8. The summed E-state index contributed by atoms with van der Waals surface area (Å²) >= 11 is 6.38. The van der Waals surface area contributed by atoms with E-state index in [2.05, 4.69) is 52.4 Å². The third kappa shape index (κ3) is 3.28. The normalized spacial score (nSPS) is 27.8. The fraction of sp³-hybridized carbons (Fsp3) is 0.345. The van der Waals surface area contributed by atoms with Gasteiger partial charge < -0.3 is 0 Å². The Morgan fingerprint density at radius 3 is 2.03 bits per heavy atom. The number of hydrogen-bond donors (Lipinski definition) is 0. The Morgan fingerprint density at radius 1 is 0.667 bits per heavy atom. The molecule has 0 radical (unpaired) electrons. The third-order valence-corrected chi connectivity index (χ3v) is 8.60. The maximum absolute atomic E-state index is 6.38. The van der Waals surface area contributed by atoms with Crippen LogP contribution >= 0.6 is 11.6 Å².